The van der Waals surface area contributed by atoms with E-state index in [1.807, 2.05) is 12.1 Å². The second-order valence-corrected chi connectivity index (χ2v) is 6.76. The Morgan fingerprint density at radius 2 is 2.08 bits per heavy atom. The van der Waals surface area contributed by atoms with E-state index in [1.165, 1.54) is 4.80 Å². The van der Waals surface area contributed by atoms with Crippen molar-refractivity contribution in [1.29, 1.82) is 0 Å². The van der Waals surface area contributed by atoms with Crippen molar-refractivity contribution in [3.05, 3.63) is 40.7 Å². The largest absolute Gasteiger partial charge is 0.379 e. The van der Waals surface area contributed by atoms with Crippen LogP contribution in [-0.4, -0.2) is 65.2 Å². The van der Waals surface area contributed by atoms with Crippen molar-refractivity contribution in [3.8, 4) is 5.69 Å². The van der Waals surface area contributed by atoms with E-state index in [9.17, 15) is 4.79 Å². The minimum Gasteiger partial charge on any atom is -0.379 e. The summed E-state index contributed by atoms with van der Waals surface area (Å²) in [5.41, 5.74) is 1.67. The fourth-order valence-electron chi connectivity index (χ4n) is 2.88. The number of carbonyl (C=O) groups excluding carboxylic acids is 1. The van der Waals surface area contributed by atoms with Crippen LogP contribution in [0.2, 0.25) is 5.02 Å². The molecule has 26 heavy (non-hydrogen) atoms. The van der Waals surface area contributed by atoms with Crippen LogP contribution in [0.5, 0.6) is 0 Å². The number of amides is 1. The average molecular weight is 378 g/mol. The van der Waals surface area contributed by atoms with E-state index < -0.39 is 0 Å². The first kappa shape index (κ1) is 18.8. The Bertz CT molecular complexity index is 743. The molecule has 1 aliphatic heterocycles. The van der Waals surface area contributed by atoms with Crippen molar-refractivity contribution < 1.29 is 9.53 Å². The van der Waals surface area contributed by atoms with Gasteiger partial charge in [-0.25, -0.2) is 0 Å². The summed E-state index contributed by atoms with van der Waals surface area (Å²) in [5.74, 6) is -0.192. The number of aryl methyl sites for hydroxylation is 1. The molecular weight excluding hydrogens is 354 g/mol. The van der Waals surface area contributed by atoms with Crippen LogP contribution >= 0.6 is 11.6 Å². The smallest absolute Gasteiger partial charge is 0.273 e. The minimum absolute atomic E-state index is 0.192. The van der Waals surface area contributed by atoms with Gasteiger partial charge in [0.2, 0.25) is 0 Å². The molecule has 0 atom stereocenters. The lowest BCUT2D eigenvalue weighted by Gasteiger charge is -2.26. The van der Waals surface area contributed by atoms with Gasteiger partial charge in [0.05, 0.1) is 24.6 Å². The number of carbonyl (C=O) groups is 1. The molecule has 0 bridgehead atoms. The maximum absolute atomic E-state index is 12.4. The summed E-state index contributed by atoms with van der Waals surface area (Å²) in [7, 11) is 0. The van der Waals surface area contributed by atoms with Gasteiger partial charge in [-0.1, -0.05) is 17.7 Å². The summed E-state index contributed by atoms with van der Waals surface area (Å²) in [6.45, 7) is 7.09. The summed E-state index contributed by atoms with van der Waals surface area (Å²) in [5, 5.41) is 12.2. The molecule has 1 N–H and O–H groups in total. The zero-order valence-electron chi connectivity index (χ0n) is 14.9. The summed E-state index contributed by atoms with van der Waals surface area (Å²) in [4.78, 5) is 16.2. The number of morpholine rings is 1. The van der Waals surface area contributed by atoms with Gasteiger partial charge in [0.25, 0.3) is 5.91 Å². The van der Waals surface area contributed by atoms with Crippen LogP contribution in [0.1, 0.15) is 29.0 Å². The Morgan fingerprint density at radius 3 is 2.85 bits per heavy atom. The second-order valence-electron chi connectivity index (χ2n) is 6.32. The number of halogens is 1. The van der Waals surface area contributed by atoms with Gasteiger partial charge in [-0.2, -0.15) is 9.90 Å². The topological polar surface area (TPSA) is 72.3 Å². The van der Waals surface area contributed by atoms with Gasteiger partial charge >= 0.3 is 0 Å². The molecule has 2 heterocycles. The molecule has 1 aromatic carbocycles. The fourth-order valence-corrected chi connectivity index (χ4v) is 3.06. The highest BCUT2D eigenvalue weighted by molar-refractivity contribution is 6.30. The molecule has 0 aliphatic carbocycles. The Kier molecular flexibility index (Phi) is 6.60. The normalized spacial score (nSPS) is 15.2. The highest BCUT2D eigenvalue weighted by atomic mass is 35.5. The van der Waals surface area contributed by atoms with E-state index in [2.05, 4.69) is 20.4 Å². The molecule has 8 heteroatoms. The zero-order valence-corrected chi connectivity index (χ0v) is 15.7. The van der Waals surface area contributed by atoms with Crippen molar-refractivity contribution in [2.24, 2.45) is 0 Å². The Labute approximate surface area is 158 Å². The van der Waals surface area contributed by atoms with Gasteiger partial charge in [0.1, 0.15) is 0 Å². The molecule has 1 amide bonds. The first-order valence-corrected chi connectivity index (χ1v) is 9.29. The van der Waals surface area contributed by atoms with Crippen LogP contribution in [0.3, 0.4) is 0 Å². The number of unbranched alkanes of at least 4 members (excludes halogenated alkanes) is 1. The zero-order chi connectivity index (χ0) is 18.4. The molecule has 2 aromatic rings. The summed E-state index contributed by atoms with van der Waals surface area (Å²) >= 11 is 6.00. The molecule has 1 fully saturated rings. The number of nitrogens with zero attached hydrogens (tertiary/aromatic N) is 4. The molecule has 0 unspecified atom stereocenters. The van der Waals surface area contributed by atoms with Gasteiger partial charge < -0.3 is 10.1 Å². The predicted molar refractivity (Wildman–Crippen MR) is 99.9 cm³/mol. The Morgan fingerprint density at radius 1 is 1.27 bits per heavy atom. The molecule has 3 rings (SSSR count). The number of hydrogen-bond donors (Lipinski definition) is 1. The van der Waals surface area contributed by atoms with E-state index >= 15 is 0 Å². The van der Waals surface area contributed by atoms with Crippen LogP contribution in [-0.2, 0) is 4.74 Å². The maximum Gasteiger partial charge on any atom is 0.273 e. The third-order valence-corrected chi connectivity index (χ3v) is 4.56. The van der Waals surface area contributed by atoms with Crippen molar-refractivity contribution in [2.75, 3.05) is 39.4 Å². The van der Waals surface area contributed by atoms with Crippen LogP contribution in [0, 0.1) is 6.92 Å². The molecule has 0 spiro atoms. The number of hydrogen-bond acceptors (Lipinski definition) is 5. The van der Waals surface area contributed by atoms with Crippen LogP contribution in [0.15, 0.2) is 24.3 Å². The lowest BCUT2D eigenvalue weighted by atomic mass is 10.2. The number of nitrogens with one attached hydrogen (secondary N) is 1. The van der Waals surface area contributed by atoms with E-state index in [4.69, 9.17) is 16.3 Å². The third kappa shape index (κ3) is 5.03. The average Bonchev–Trinajstić information content (AvgIpc) is 3.04. The molecule has 1 saturated heterocycles. The van der Waals surface area contributed by atoms with Crippen molar-refractivity contribution >= 4 is 17.5 Å². The second kappa shape index (κ2) is 9.12. The minimum atomic E-state index is -0.192. The molecule has 7 nitrogen and oxygen atoms in total. The van der Waals surface area contributed by atoms with E-state index in [0.717, 1.165) is 51.4 Å². The van der Waals surface area contributed by atoms with Gasteiger partial charge in [-0.3, -0.25) is 9.69 Å². The van der Waals surface area contributed by atoms with Crippen molar-refractivity contribution in [1.82, 2.24) is 25.2 Å². The molecular formula is C18H24ClN5O2. The number of benzene rings is 1. The van der Waals surface area contributed by atoms with E-state index in [-0.39, 0.29) is 5.91 Å². The number of rotatable bonds is 7. The third-order valence-electron chi connectivity index (χ3n) is 4.33. The SMILES string of the molecule is Cc1nn(-c2cccc(Cl)c2)nc1C(=O)NCCCCN1CCOCC1. The van der Waals surface area contributed by atoms with Crippen LogP contribution < -0.4 is 5.32 Å². The molecule has 1 aliphatic rings. The highest BCUT2D eigenvalue weighted by Crippen LogP contribution is 2.14. The van der Waals surface area contributed by atoms with E-state index in [0.29, 0.717) is 23.0 Å². The highest BCUT2D eigenvalue weighted by Gasteiger charge is 2.16. The van der Waals surface area contributed by atoms with Gasteiger partial charge in [-0.15, -0.1) is 5.10 Å². The number of ether oxygens (including phenoxy) is 1. The molecule has 1 aromatic heterocycles. The van der Waals surface area contributed by atoms with Crippen LogP contribution in [0.4, 0.5) is 0 Å². The fraction of sp³-hybridized carbons (Fsp3) is 0.500. The number of aromatic nitrogens is 3. The first-order chi connectivity index (χ1) is 12.6. The monoisotopic (exact) mass is 377 g/mol. The van der Waals surface area contributed by atoms with Crippen molar-refractivity contribution in [3.63, 3.8) is 0 Å². The molecule has 0 radical (unpaired) electrons. The maximum atomic E-state index is 12.4. The molecule has 140 valence electrons. The standard InChI is InChI=1S/C18H24ClN5O2/c1-14-17(22-24(21-14)16-6-4-5-15(19)13-16)18(25)20-7-2-3-8-23-9-11-26-12-10-23/h4-6,13H,2-3,7-12H2,1H3,(H,20,25). The van der Waals surface area contributed by atoms with Crippen molar-refractivity contribution in [2.45, 2.75) is 19.8 Å². The van der Waals surface area contributed by atoms with E-state index in [1.54, 1.807) is 19.1 Å². The Hall–Kier alpha value is -1.96. The lowest BCUT2D eigenvalue weighted by molar-refractivity contribution is 0.0372. The lowest BCUT2D eigenvalue weighted by Crippen LogP contribution is -2.37. The van der Waals surface area contributed by atoms with Gasteiger partial charge in [0.15, 0.2) is 5.69 Å². The first-order valence-electron chi connectivity index (χ1n) is 8.91. The van der Waals surface area contributed by atoms with Gasteiger partial charge in [-0.05, 0) is 44.5 Å². The Balaban J connectivity index is 1.47. The summed E-state index contributed by atoms with van der Waals surface area (Å²) in [6, 6.07) is 7.21. The predicted octanol–water partition coefficient (Wildman–Crippen LogP) is 2.07. The quantitative estimate of drug-likeness (QED) is 0.748. The van der Waals surface area contributed by atoms with Crippen LogP contribution in [0.25, 0.3) is 5.69 Å². The molecule has 0 saturated carbocycles. The summed E-state index contributed by atoms with van der Waals surface area (Å²) < 4.78 is 5.34. The van der Waals surface area contributed by atoms with Gasteiger partial charge in [0, 0.05) is 24.7 Å². The summed E-state index contributed by atoms with van der Waals surface area (Å²) in [6.07, 6.45) is 1.99.